The summed E-state index contributed by atoms with van der Waals surface area (Å²) in [6, 6.07) is 9.25. The number of hydrogen-bond donors (Lipinski definition) is 2. The molecule has 0 radical (unpaired) electrons. The summed E-state index contributed by atoms with van der Waals surface area (Å²) >= 11 is 0. The highest BCUT2D eigenvalue weighted by Crippen LogP contribution is 2.30. The van der Waals surface area contributed by atoms with Gasteiger partial charge in [0.1, 0.15) is 5.82 Å². The zero-order valence-corrected chi connectivity index (χ0v) is 14.6. The van der Waals surface area contributed by atoms with Gasteiger partial charge in [0.2, 0.25) is 0 Å². The molecule has 1 aliphatic rings. The minimum absolute atomic E-state index is 0.306. The Morgan fingerprint density at radius 2 is 1.76 bits per heavy atom. The molecule has 1 aliphatic heterocycles. The van der Waals surface area contributed by atoms with E-state index in [2.05, 4.69) is 22.2 Å². The van der Waals surface area contributed by atoms with Crippen LogP contribution in [0.25, 0.3) is 0 Å². The zero-order valence-electron chi connectivity index (χ0n) is 14.6. The maximum Gasteiger partial charge on any atom is 0.255 e. The van der Waals surface area contributed by atoms with Crippen molar-refractivity contribution < 1.29 is 9.18 Å². The van der Waals surface area contributed by atoms with Crippen LogP contribution < -0.4 is 16.0 Å². The van der Waals surface area contributed by atoms with Gasteiger partial charge in [0, 0.05) is 37.4 Å². The topological polar surface area (TPSA) is 61.6 Å². The van der Waals surface area contributed by atoms with Crippen LogP contribution in [0, 0.1) is 12.7 Å². The number of likely N-dealkylation sites (N-methyl/N-ethyl adjacent to an activating group) is 1. The summed E-state index contributed by atoms with van der Waals surface area (Å²) in [6.45, 7) is 5.90. The molecule has 1 heterocycles. The van der Waals surface area contributed by atoms with Crippen LogP contribution in [0.4, 0.5) is 21.5 Å². The van der Waals surface area contributed by atoms with Gasteiger partial charge in [-0.2, -0.15) is 0 Å². The quantitative estimate of drug-likeness (QED) is 0.842. The van der Waals surface area contributed by atoms with E-state index in [1.165, 1.54) is 24.3 Å². The number of aryl methyl sites for hydroxylation is 1. The van der Waals surface area contributed by atoms with Crippen LogP contribution in [-0.4, -0.2) is 44.0 Å². The number of carbonyl (C=O) groups excluding carboxylic acids is 1. The molecule has 25 heavy (non-hydrogen) atoms. The van der Waals surface area contributed by atoms with Crippen molar-refractivity contribution in [3.63, 3.8) is 0 Å². The van der Waals surface area contributed by atoms with E-state index in [0.717, 1.165) is 37.4 Å². The molecule has 2 aromatic rings. The molecule has 0 unspecified atom stereocenters. The van der Waals surface area contributed by atoms with Gasteiger partial charge in [0.25, 0.3) is 5.91 Å². The number of hydrogen-bond acceptors (Lipinski definition) is 4. The summed E-state index contributed by atoms with van der Waals surface area (Å²) in [7, 11) is 2.11. The standard InChI is InChI=1S/C19H23FN4O/c1-13-11-16(21)17(12-18(13)24-9-7-23(2)8-10-24)22-19(25)14-3-5-15(20)6-4-14/h3-6,11-12H,7-10,21H2,1-2H3,(H,22,25). The molecule has 5 nitrogen and oxygen atoms in total. The van der Waals surface area contributed by atoms with E-state index in [0.29, 0.717) is 16.9 Å². The maximum atomic E-state index is 13.0. The number of halogens is 1. The van der Waals surface area contributed by atoms with Crippen molar-refractivity contribution in [2.75, 3.05) is 49.2 Å². The van der Waals surface area contributed by atoms with E-state index < -0.39 is 0 Å². The van der Waals surface area contributed by atoms with E-state index in [4.69, 9.17) is 5.73 Å². The van der Waals surface area contributed by atoms with Gasteiger partial charge in [-0.3, -0.25) is 4.79 Å². The number of amides is 1. The number of nitrogens with zero attached hydrogens (tertiary/aromatic N) is 2. The second kappa shape index (κ2) is 7.11. The van der Waals surface area contributed by atoms with Crippen LogP contribution in [0.1, 0.15) is 15.9 Å². The Kier molecular flexibility index (Phi) is 4.90. The molecule has 0 bridgehead atoms. The largest absolute Gasteiger partial charge is 0.397 e. The summed E-state index contributed by atoms with van der Waals surface area (Å²) < 4.78 is 13.0. The molecule has 1 amide bonds. The normalized spacial score (nSPS) is 15.2. The van der Waals surface area contributed by atoms with Crippen LogP contribution in [0.5, 0.6) is 0 Å². The SMILES string of the molecule is Cc1cc(N)c(NC(=O)c2ccc(F)cc2)cc1N1CCN(C)CC1. The van der Waals surface area contributed by atoms with Crippen molar-refractivity contribution >= 4 is 23.0 Å². The molecule has 0 aliphatic carbocycles. The van der Waals surface area contributed by atoms with Crippen molar-refractivity contribution in [1.29, 1.82) is 0 Å². The zero-order chi connectivity index (χ0) is 18.0. The first-order chi connectivity index (χ1) is 11.9. The van der Waals surface area contributed by atoms with Crippen molar-refractivity contribution in [1.82, 2.24) is 4.90 Å². The number of piperazine rings is 1. The summed E-state index contributed by atoms with van der Waals surface area (Å²) in [4.78, 5) is 17.0. The molecular weight excluding hydrogens is 319 g/mol. The predicted molar refractivity (Wildman–Crippen MR) is 99.7 cm³/mol. The molecule has 1 fully saturated rings. The Labute approximate surface area is 147 Å². The lowest BCUT2D eigenvalue weighted by molar-refractivity contribution is 0.102. The average Bonchev–Trinajstić information content (AvgIpc) is 2.59. The first kappa shape index (κ1) is 17.2. The smallest absolute Gasteiger partial charge is 0.255 e. The number of nitrogens with two attached hydrogens (primary N) is 1. The van der Waals surface area contributed by atoms with Gasteiger partial charge in [-0.05, 0) is 55.9 Å². The predicted octanol–water partition coefficient (Wildman–Crippen LogP) is 2.72. The van der Waals surface area contributed by atoms with Gasteiger partial charge in [-0.15, -0.1) is 0 Å². The highest BCUT2D eigenvalue weighted by atomic mass is 19.1. The minimum atomic E-state index is -0.372. The number of nitrogen functional groups attached to an aromatic ring is 1. The van der Waals surface area contributed by atoms with Gasteiger partial charge in [0.15, 0.2) is 0 Å². The van der Waals surface area contributed by atoms with Crippen LogP contribution in [-0.2, 0) is 0 Å². The fourth-order valence-corrected chi connectivity index (χ4v) is 3.01. The highest BCUT2D eigenvalue weighted by Gasteiger charge is 2.18. The molecule has 3 N–H and O–H groups in total. The number of rotatable bonds is 3. The summed E-state index contributed by atoms with van der Waals surface area (Å²) in [6.07, 6.45) is 0. The van der Waals surface area contributed by atoms with Gasteiger partial charge in [-0.25, -0.2) is 4.39 Å². The summed E-state index contributed by atoms with van der Waals surface area (Å²) in [5.74, 6) is -0.677. The number of anilines is 3. The lowest BCUT2D eigenvalue weighted by Gasteiger charge is -2.35. The summed E-state index contributed by atoms with van der Waals surface area (Å²) in [5.41, 5.74) is 9.74. The lowest BCUT2D eigenvalue weighted by atomic mass is 10.1. The van der Waals surface area contributed by atoms with Gasteiger partial charge >= 0.3 is 0 Å². The molecule has 2 aromatic carbocycles. The number of benzene rings is 2. The van der Waals surface area contributed by atoms with Gasteiger partial charge in [-0.1, -0.05) is 0 Å². The molecule has 0 saturated carbocycles. The number of carbonyl (C=O) groups is 1. The van der Waals surface area contributed by atoms with E-state index in [1.807, 2.05) is 19.1 Å². The average molecular weight is 342 g/mol. The fraction of sp³-hybridized carbons (Fsp3) is 0.316. The van der Waals surface area contributed by atoms with Gasteiger partial charge in [0.05, 0.1) is 11.4 Å². The Morgan fingerprint density at radius 1 is 1.12 bits per heavy atom. The van der Waals surface area contributed by atoms with Crippen LogP contribution >= 0.6 is 0 Å². The van der Waals surface area contributed by atoms with Crippen LogP contribution in [0.15, 0.2) is 36.4 Å². The molecule has 0 spiro atoms. The third-order valence-electron chi connectivity index (χ3n) is 4.57. The third kappa shape index (κ3) is 3.91. The maximum absolute atomic E-state index is 13.0. The molecular formula is C19H23FN4O. The first-order valence-corrected chi connectivity index (χ1v) is 8.34. The second-order valence-corrected chi connectivity index (χ2v) is 6.48. The molecule has 6 heteroatoms. The van der Waals surface area contributed by atoms with Crippen molar-refractivity contribution in [2.24, 2.45) is 0 Å². The van der Waals surface area contributed by atoms with Crippen LogP contribution in [0.2, 0.25) is 0 Å². The monoisotopic (exact) mass is 342 g/mol. The van der Waals surface area contributed by atoms with E-state index in [9.17, 15) is 9.18 Å². The molecule has 3 rings (SSSR count). The Bertz CT molecular complexity index is 768. The molecule has 0 atom stereocenters. The van der Waals surface area contributed by atoms with Crippen LogP contribution in [0.3, 0.4) is 0 Å². The third-order valence-corrected chi connectivity index (χ3v) is 4.57. The van der Waals surface area contributed by atoms with Crippen molar-refractivity contribution in [2.45, 2.75) is 6.92 Å². The van der Waals surface area contributed by atoms with Gasteiger partial charge < -0.3 is 20.9 Å². The molecule has 132 valence electrons. The minimum Gasteiger partial charge on any atom is -0.397 e. The number of nitrogens with one attached hydrogen (secondary N) is 1. The van der Waals surface area contributed by atoms with E-state index >= 15 is 0 Å². The van der Waals surface area contributed by atoms with Crippen molar-refractivity contribution in [3.05, 3.63) is 53.3 Å². The second-order valence-electron chi connectivity index (χ2n) is 6.48. The Balaban J connectivity index is 1.82. The lowest BCUT2D eigenvalue weighted by Crippen LogP contribution is -2.44. The molecule has 1 saturated heterocycles. The molecule has 0 aromatic heterocycles. The Morgan fingerprint density at radius 3 is 2.40 bits per heavy atom. The first-order valence-electron chi connectivity index (χ1n) is 8.34. The van der Waals surface area contributed by atoms with Crippen molar-refractivity contribution in [3.8, 4) is 0 Å². The summed E-state index contributed by atoms with van der Waals surface area (Å²) in [5, 5.41) is 2.84. The van der Waals surface area contributed by atoms with E-state index in [-0.39, 0.29) is 11.7 Å². The van der Waals surface area contributed by atoms with E-state index in [1.54, 1.807) is 0 Å². The fourth-order valence-electron chi connectivity index (χ4n) is 3.01. The highest BCUT2D eigenvalue weighted by molar-refractivity contribution is 6.06. The Hall–Kier alpha value is -2.60.